The van der Waals surface area contributed by atoms with Crippen molar-refractivity contribution in [3.05, 3.63) is 47.8 Å². The molecule has 1 aliphatic rings. The van der Waals surface area contributed by atoms with E-state index in [9.17, 15) is 13.9 Å². The Hall–Kier alpha value is -1.99. The third-order valence-corrected chi connectivity index (χ3v) is 4.49. The Kier molecular flexibility index (Phi) is 5.11. The number of benzene rings is 1. The molecule has 5 nitrogen and oxygen atoms in total. The van der Waals surface area contributed by atoms with E-state index in [2.05, 4.69) is 15.2 Å². The van der Waals surface area contributed by atoms with Crippen LogP contribution in [0.25, 0.3) is 0 Å². The number of nitrogens with zero attached hydrogens (tertiary/aromatic N) is 3. The first-order valence-electron chi connectivity index (χ1n) is 8.13. The molecule has 0 saturated carbocycles. The summed E-state index contributed by atoms with van der Waals surface area (Å²) in [7, 11) is 1.97. The molecule has 1 aromatic carbocycles. The van der Waals surface area contributed by atoms with Gasteiger partial charge in [0.25, 0.3) is 0 Å². The molecule has 2 heterocycles. The molecule has 1 fully saturated rings. The first-order chi connectivity index (χ1) is 11.5. The number of imidazole rings is 1. The van der Waals surface area contributed by atoms with Crippen molar-refractivity contribution in [2.24, 2.45) is 7.05 Å². The molecule has 1 aromatic heterocycles. The van der Waals surface area contributed by atoms with Crippen molar-refractivity contribution in [1.29, 1.82) is 0 Å². The molecule has 0 amide bonds. The number of rotatable bonds is 5. The highest BCUT2D eigenvalue weighted by Gasteiger charge is 2.22. The Bertz CT molecular complexity index is 683. The van der Waals surface area contributed by atoms with Gasteiger partial charge in [-0.2, -0.15) is 0 Å². The first-order valence-corrected chi connectivity index (χ1v) is 8.13. The lowest BCUT2D eigenvalue weighted by atomic mass is 10.0. The third kappa shape index (κ3) is 3.73. The third-order valence-electron chi connectivity index (χ3n) is 4.49. The number of aliphatic hydroxyl groups is 1. The molecule has 130 valence electrons. The summed E-state index contributed by atoms with van der Waals surface area (Å²) >= 11 is 0. The summed E-state index contributed by atoms with van der Waals surface area (Å²) in [6.07, 6.45) is 4.57. The predicted octanol–water partition coefficient (Wildman–Crippen LogP) is 1.99. The minimum Gasteiger partial charge on any atom is -0.387 e. The van der Waals surface area contributed by atoms with Crippen LogP contribution >= 0.6 is 0 Å². The minimum atomic E-state index is -0.988. The van der Waals surface area contributed by atoms with Gasteiger partial charge in [0.1, 0.15) is 11.6 Å². The number of aryl methyl sites for hydroxylation is 1. The van der Waals surface area contributed by atoms with Gasteiger partial charge in [0.05, 0.1) is 6.10 Å². The second-order valence-corrected chi connectivity index (χ2v) is 6.19. The molecule has 0 aliphatic carbocycles. The average molecular weight is 336 g/mol. The maximum Gasteiger partial charge on any atom is 0.205 e. The number of aliphatic hydroxyl groups excluding tert-OH is 1. The summed E-state index contributed by atoms with van der Waals surface area (Å²) in [4.78, 5) is 6.58. The van der Waals surface area contributed by atoms with E-state index < -0.39 is 17.7 Å². The molecule has 0 spiro atoms. The highest BCUT2D eigenvalue weighted by Crippen LogP contribution is 2.20. The van der Waals surface area contributed by atoms with Crippen LogP contribution in [-0.4, -0.2) is 40.3 Å². The molecule has 3 rings (SSSR count). The fourth-order valence-corrected chi connectivity index (χ4v) is 3.11. The number of hydrogen-bond donors (Lipinski definition) is 2. The topological polar surface area (TPSA) is 53.3 Å². The molecule has 1 atom stereocenters. The van der Waals surface area contributed by atoms with Gasteiger partial charge in [-0.25, -0.2) is 13.8 Å². The molecule has 7 heteroatoms. The summed E-state index contributed by atoms with van der Waals surface area (Å²) in [5.74, 6) is -0.395. The largest absolute Gasteiger partial charge is 0.387 e. The number of halogens is 2. The summed E-state index contributed by atoms with van der Waals surface area (Å²) in [5.41, 5.74) is 0.120. The smallest absolute Gasteiger partial charge is 0.205 e. The van der Waals surface area contributed by atoms with Gasteiger partial charge in [-0.1, -0.05) is 6.07 Å². The van der Waals surface area contributed by atoms with Crippen LogP contribution in [0.4, 0.5) is 14.7 Å². The van der Waals surface area contributed by atoms with Crippen LogP contribution in [-0.2, 0) is 7.05 Å². The average Bonchev–Trinajstić information content (AvgIpc) is 2.99. The van der Waals surface area contributed by atoms with Crippen molar-refractivity contribution in [1.82, 2.24) is 14.9 Å². The fourth-order valence-electron chi connectivity index (χ4n) is 3.11. The van der Waals surface area contributed by atoms with E-state index >= 15 is 0 Å². The molecule has 1 aliphatic heterocycles. The lowest BCUT2D eigenvalue weighted by Gasteiger charge is -2.33. The van der Waals surface area contributed by atoms with Crippen molar-refractivity contribution >= 4 is 5.95 Å². The molecule has 24 heavy (non-hydrogen) atoms. The SMILES string of the molecule is Cn1ccnc1N1CCC(NCC(O)c2ccc(F)cc2F)CC1. The van der Waals surface area contributed by atoms with Crippen LogP contribution in [0.2, 0.25) is 0 Å². The van der Waals surface area contributed by atoms with Crippen molar-refractivity contribution in [2.45, 2.75) is 25.0 Å². The van der Waals surface area contributed by atoms with E-state index in [1.165, 1.54) is 6.07 Å². The Labute approximate surface area is 139 Å². The quantitative estimate of drug-likeness (QED) is 0.877. The number of anilines is 1. The van der Waals surface area contributed by atoms with E-state index in [4.69, 9.17) is 0 Å². The minimum absolute atomic E-state index is 0.120. The zero-order valence-corrected chi connectivity index (χ0v) is 13.6. The van der Waals surface area contributed by atoms with Gasteiger partial charge in [0, 0.05) is 56.7 Å². The zero-order chi connectivity index (χ0) is 17.1. The monoisotopic (exact) mass is 336 g/mol. The molecule has 0 radical (unpaired) electrons. The van der Waals surface area contributed by atoms with E-state index in [1.54, 1.807) is 6.20 Å². The van der Waals surface area contributed by atoms with Crippen LogP contribution < -0.4 is 10.2 Å². The van der Waals surface area contributed by atoms with Crippen LogP contribution in [0.15, 0.2) is 30.6 Å². The second kappa shape index (κ2) is 7.27. The normalized spacial score (nSPS) is 17.2. The number of piperidine rings is 1. The molecule has 1 saturated heterocycles. The van der Waals surface area contributed by atoms with E-state index in [0.717, 1.165) is 44.0 Å². The fraction of sp³-hybridized carbons (Fsp3) is 0.471. The maximum atomic E-state index is 13.7. The van der Waals surface area contributed by atoms with Gasteiger partial charge >= 0.3 is 0 Å². The highest BCUT2D eigenvalue weighted by molar-refractivity contribution is 5.31. The van der Waals surface area contributed by atoms with E-state index in [0.29, 0.717) is 0 Å². The molecule has 0 bridgehead atoms. The van der Waals surface area contributed by atoms with Gasteiger partial charge in [0.15, 0.2) is 0 Å². The molecular formula is C17H22F2N4O. The van der Waals surface area contributed by atoms with Gasteiger partial charge in [0.2, 0.25) is 5.95 Å². The standard InChI is InChI=1S/C17H22F2N4O/c1-22-9-6-20-17(22)23-7-4-13(5-8-23)21-11-16(24)14-3-2-12(18)10-15(14)19/h2-3,6,9-10,13,16,21,24H,4-5,7-8,11H2,1H3. The Morgan fingerprint density at radius 1 is 1.33 bits per heavy atom. The summed E-state index contributed by atoms with van der Waals surface area (Å²) < 4.78 is 28.6. The maximum absolute atomic E-state index is 13.7. The van der Waals surface area contributed by atoms with Crippen LogP contribution in [0.3, 0.4) is 0 Å². The van der Waals surface area contributed by atoms with Crippen molar-refractivity contribution in [3.63, 3.8) is 0 Å². The van der Waals surface area contributed by atoms with Gasteiger partial charge in [-0.05, 0) is 18.9 Å². The van der Waals surface area contributed by atoms with Crippen molar-refractivity contribution in [2.75, 3.05) is 24.5 Å². The zero-order valence-electron chi connectivity index (χ0n) is 13.6. The molecular weight excluding hydrogens is 314 g/mol. The number of nitrogens with one attached hydrogen (secondary N) is 1. The summed E-state index contributed by atoms with van der Waals surface area (Å²) in [5, 5.41) is 13.4. The first kappa shape index (κ1) is 16.9. The number of hydrogen-bond acceptors (Lipinski definition) is 4. The summed E-state index contributed by atoms with van der Waals surface area (Å²) in [6, 6.07) is 3.51. The van der Waals surface area contributed by atoms with Crippen molar-refractivity contribution in [3.8, 4) is 0 Å². The van der Waals surface area contributed by atoms with E-state index in [1.807, 2.05) is 17.8 Å². The predicted molar refractivity (Wildman–Crippen MR) is 87.8 cm³/mol. The highest BCUT2D eigenvalue weighted by atomic mass is 19.1. The Morgan fingerprint density at radius 2 is 2.08 bits per heavy atom. The van der Waals surface area contributed by atoms with Gasteiger partial charge < -0.3 is 19.9 Å². The molecule has 1 unspecified atom stereocenters. The van der Waals surface area contributed by atoms with Crippen molar-refractivity contribution < 1.29 is 13.9 Å². The Morgan fingerprint density at radius 3 is 2.71 bits per heavy atom. The lowest BCUT2D eigenvalue weighted by molar-refractivity contribution is 0.162. The molecule has 2 N–H and O–H groups in total. The molecule has 2 aromatic rings. The van der Waals surface area contributed by atoms with Crippen LogP contribution in [0.1, 0.15) is 24.5 Å². The van der Waals surface area contributed by atoms with Gasteiger partial charge in [-0.3, -0.25) is 0 Å². The lowest BCUT2D eigenvalue weighted by Crippen LogP contribution is -2.44. The summed E-state index contributed by atoms with van der Waals surface area (Å²) in [6.45, 7) is 2.00. The second-order valence-electron chi connectivity index (χ2n) is 6.19. The van der Waals surface area contributed by atoms with Crippen LogP contribution in [0.5, 0.6) is 0 Å². The van der Waals surface area contributed by atoms with Gasteiger partial charge in [-0.15, -0.1) is 0 Å². The Balaban J connectivity index is 1.49. The van der Waals surface area contributed by atoms with E-state index in [-0.39, 0.29) is 18.2 Å². The van der Waals surface area contributed by atoms with Crippen LogP contribution in [0, 0.1) is 11.6 Å². The number of aromatic nitrogens is 2.